The normalized spacial score (nSPS) is 10.6. The number of ether oxygens (including phenoxy) is 2. The van der Waals surface area contributed by atoms with Crippen LogP contribution in [0.2, 0.25) is 5.28 Å². The lowest BCUT2D eigenvalue weighted by molar-refractivity contribution is 0.256. The van der Waals surface area contributed by atoms with Crippen LogP contribution in [0.5, 0.6) is 12.0 Å². The standard InChI is InChI=1S/C14H24ClN3O2/c1-3-5-6-7-8-9-11-20-14-17-12(15)16-13(18-14)19-10-4-2/h3-11H2,1-2H3. The minimum Gasteiger partial charge on any atom is -0.463 e. The van der Waals surface area contributed by atoms with E-state index >= 15 is 0 Å². The minimum absolute atomic E-state index is 0.101. The van der Waals surface area contributed by atoms with Crippen molar-refractivity contribution in [2.75, 3.05) is 13.2 Å². The predicted molar refractivity (Wildman–Crippen MR) is 79.5 cm³/mol. The number of hydrogen-bond donors (Lipinski definition) is 0. The summed E-state index contributed by atoms with van der Waals surface area (Å²) in [5, 5.41) is 0.101. The Morgan fingerprint density at radius 2 is 1.35 bits per heavy atom. The zero-order chi connectivity index (χ0) is 14.6. The second-order valence-corrected chi connectivity index (χ2v) is 4.97. The van der Waals surface area contributed by atoms with Crippen LogP contribution in [0.15, 0.2) is 0 Å². The van der Waals surface area contributed by atoms with Crippen molar-refractivity contribution in [3.8, 4) is 12.0 Å². The highest BCUT2D eigenvalue weighted by atomic mass is 35.5. The van der Waals surface area contributed by atoms with Crippen molar-refractivity contribution in [3.63, 3.8) is 0 Å². The average Bonchev–Trinajstić information content (AvgIpc) is 2.43. The van der Waals surface area contributed by atoms with Gasteiger partial charge in [-0.15, -0.1) is 4.98 Å². The third-order valence-electron chi connectivity index (χ3n) is 2.73. The second-order valence-electron chi connectivity index (χ2n) is 4.63. The molecule has 1 rings (SSSR count). The highest BCUT2D eigenvalue weighted by molar-refractivity contribution is 6.28. The van der Waals surface area contributed by atoms with Crippen LogP contribution >= 0.6 is 11.6 Å². The van der Waals surface area contributed by atoms with Gasteiger partial charge in [-0.25, -0.2) is 0 Å². The first kappa shape index (κ1) is 17.0. The summed E-state index contributed by atoms with van der Waals surface area (Å²) in [4.78, 5) is 11.9. The van der Waals surface area contributed by atoms with Gasteiger partial charge < -0.3 is 9.47 Å². The minimum atomic E-state index is 0.101. The van der Waals surface area contributed by atoms with E-state index in [0.29, 0.717) is 13.2 Å². The monoisotopic (exact) mass is 301 g/mol. The molecule has 0 saturated heterocycles. The molecule has 0 aliphatic heterocycles. The molecule has 0 atom stereocenters. The highest BCUT2D eigenvalue weighted by Gasteiger charge is 2.06. The lowest BCUT2D eigenvalue weighted by atomic mass is 10.1. The molecule has 0 spiro atoms. The highest BCUT2D eigenvalue weighted by Crippen LogP contribution is 2.14. The molecule has 20 heavy (non-hydrogen) atoms. The van der Waals surface area contributed by atoms with Crippen LogP contribution in [-0.4, -0.2) is 28.2 Å². The quantitative estimate of drug-likeness (QED) is 0.577. The Labute approximate surface area is 126 Å². The Kier molecular flexibility index (Phi) is 9.04. The van der Waals surface area contributed by atoms with Crippen LogP contribution in [0.1, 0.15) is 58.8 Å². The zero-order valence-corrected chi connectivity index (χ0v) is 13.2. The molecular formula is C14H24ClN3O2. The third kappa shape index (κ3) is 7.48. The molecule has 1 aromatic heterocycles. The zero-order valence-electron chi connectivity index (χ0n) is 12.4. The van der Waals surface area contributed by atoms with Gasteiger partial charge >= 0.3 is 12.0 Å². The molecule has 1 heterocycles. The fraction of sp³-hybridized carbons (Fsp3) is 0.786. The van der Waals surface area contributed by atoms with Gasteiger partial charge in [0.1, 0.15) is 0 Å². The fourth-order valence-corrected chi connectivity index (χ4v) is 1.83. The van der Waals surface area contributed by atoms with Gasteiger partial charge in [-0.05, 0) is 24.4 Å². The van der Waals surface area contributed by atoms with E-state index in [4.69, 9.17) is 21.1 Å². The van der Waals surface area contributed by atoms with Gasteiger partial charge in [-0.2, -0.15) is 9.97 Å². The average molecular weight is 302 g/mol. The van der Waals surface area contributed by atoms with Gasteiger partial charge in [-0.3, -0.25) is 0 Å². The van der Waals surface area contributed by atoms with Crippen LogP contribution < -0.4 is 9.47 Å². The second kappa shape index (κ2) is 10.7. The van der Waals surface area contributed by atoms with Gasteiger partial charge in [-0.1, -0.05) is 46.0 Å². The molecule has 0 radical (unpaired) electrons. The molecular weight excluding hydrogens is 278 g/mol. The predicted octanol–water partition coefficient (Wildman–Crippen LogP) is 4.05. The van der Waals surface area contributed by atoms with Crippen molar-refractivity contribution in [1.29, 1.82) is 0 Å². The molecule has 0 unspecified atom stereocenters. The van der Waals surface area contributed by atoms with Gasteiger partial charge in [0.25, 0.3) is 0 Å². The van der Waals surface area contributed by atoms with Crippen LogP contribution in [0.25, 0.3) is 0 Å². The van der Waals surface area contributed by atoms with Crippen LogP contribution in [-0.2, 0) is 0 Å². The number of aromatic nitrogens is 3. The van der Waals surface area contributed by atoms with E-state index in [1.54, 1.807) is 0 Å². The van der Waals surface area contributed by atoms with Gasteiger partial charge in [0.05, 0.1) is 13.2 Å². The van der Waals surface area contributed by atoms with E-state index in [0.717, 1.165) is 19.3 Å². The number of nitrogens with zero attached hydrogens (tertiary/aromatic N) is 3. The molecule has 0 aromatic carbocycles. The Balaban J connectivity index is 2.26. The summed E-state index contributed by atoms with van der Waals surface area (Å²) in [6.45, 7) is 5.38. The molecule has 0 aliphatic rings. The van der Waals surface area contributed by atoms with E-state index in [-0.39, 0.29) is 17.3 Å². The molecule has 5 nitrogen and oxygen atoms in total. The number of halogens is 1. The van der Waals surface area contributed by atoms with Crippen LogP contribution in [0.4, 0.5) is 0 Å². The Bertz CT molecular complexity index is 377. The molecule has 1 aromatic rings. The van der Waals surface area contributed by atoms with Gasteiger partial charge in [0, 0.05) is 0 Å². The van der Waals surface area contributed by atoms with E-state index in [2.05, 4.69) is 21.9 Å². The number of unbranched alkanes of at least 4 members (excludes halogenated alkanes) is 5. The van der Waals surface area contributed by atoms with E-state index < -0.39 is 0 Å². The lowest BCUT2D eigenvalue weighted by Gasteiger charge is -2.06. The van der Waals surface area contributed by atoms with Crippen molar-refractivity contribution in [2.45, 2.75) is 58.8 Å². The Morgan fingerprint density at radius 1 is 0.750 bits per heavy atom. The van der Waals surface area contributed by atoms with Gasteiger partial charge in [0.15, 0.2) is 0 Å². The van der Waals surface area contributed by atoms with Gasteiger partial charge in [0.2, 0.25) is 5.28 Å². The Hall–Kier alpha value is -1.10. The maximum atomic E-state index is 5.80. The van der Waals surface area contributed by atoms with E-state index in [9.17, 15) is 0 Å². The molecule has 0 amide bonds. The first-order valence-electron chi connectivity index (χ1n) is 7.43. The summed E-state index contributed by atoms with van der Waals surface area (Å²) in [7, 11) is 0. The SMILES string of the molecule is CCCCCCCCOc1nc(Cl)nc(OCCC)n1. The Morgan fingerprint density at radius 3 is 2.00 bits per heavy atom. The smallest absolute Gasteiger partial charge is 0.323 e. The van der Waals surface area contributed by atoms with Crippen molar-refractivity contribution in [1.82, 2.24) is 15.0 Å². The molecule has 0 fully saturated rings. The van der Waals surface area contributed by atoms with Crippen molar-refractivity contribution in [2.24, 2.45) is 0 Å². The molecule has 0 aliphatic carbocycles. The van der Waals surface area contributed by atoms with Crippen molar-refractivity contribution < 1.29 is 9.47 Å². The maximum Gasteiger partial charge on any atom is 0.323 e. The van der Waals surface area contributed by atoms with Crippen molar-refractivity contribution in [3.05, 3.63) is 5.28 Å². The van der Waals surface area contributed by atoms with Crippen molar-refractivity contribution >= 4 is 11.6 Å². The first-order valence-corrected chi connectivity index (χ1v) is 7.81. The molecule has 0 saturated carbocycles. The third-order valence-corrected chi connectivity index (χ3v) is 2.90. The molecule has 0 N–H and O–H groups in total. The summed E-state index contributed by atoms with van der Waals surface area (Å²) in [6.07, 6.45) is 8.17. The summed E-state index contributed by atoms with van der Waals surface area (Å²) in [5.41, 5.74) is 0. The van der Waals surface area contributed by atoms with E-state index in [1.165, 1.54) is 25.7 Å². The first-order chi connectivity index (χ1) is 9.76. The lowest BCUT2D eigenvalue weighted by Crippen LogP contribution is -2.06. The topological polar surface area (TPSA) is 57.1 Å². The number of hydrogen-bond acceptors (Lipinski definition) is 5. The summed E-state index contributed by atoms with van der Waals surface area (Å²) in [6, 6.07) is 0.467. The molecule has 0 bridgehead atoms. The summed E-state index contributed by atoms with van der Waals surface area (Å²) >= 11 is 5.80. The largest absolute Gasteiger partial charge is 0.463 e. The maximum absolute atomic E-state index is 5.80. The summed E-state index contributed by atoms with van der Waals surface area (Å²) in [5.74, 6) is 0. The van der Waals surface area contributed by atoms with Crippen LogP contribution in [0.3, 0.4) is 0 Å². The summed E-state index contributed by atoms with van der Waals surface area (Å²) < 4.78 is 10.8. The molecule has 6 heteroatoms. The molecule has 114 valence electrons. The number of rotatable bonds is 11. The van der Waals surface area contributed by atoms with Crippen LogP contribution in [0, 0.1) is 0 Å². The fourth-order valence-electron chi connectivity index (χ4n) is 1.68. The van der Waals surface area contributed by atoms with E-state index in [1.807, 2.05) is 6.92 Å².